The van der Waals surface area contributed by atoms with Crippen molar-refractivity contribution in [3.05, 3.63) is 0 Å². The number of carbonyl (C=O) groups is 1. The summed E-state index contributed by atoms with van der Waals surface area (Å²) in [5.41, 5.74) is 0. The summed E-state index contributed by atoms with van der Waals surface area (Å²) in [5, 5.41) is 15.6. The average Bonchev–Trinajstić information content (AvgIpc) is 1.65. The van der Waals surface area contributed by atoms with Gasteiger partial charge in [0.1, 0.15) is 0 Å². The Morgan fingerprint density at radius 2 is 2.22 bits per heavy atom. The van der Waals surface area contributed by atoms with E-state index in [2.05, 4.69) is 4.65 Å². The van der Waals surface area contributed by atoms with Crippen LogP contribution in [0.1, 0.15) is 1.43 Å². The predicted octanol–water partition coefficient (Wildman–Crippen LogP) is -4.41. The van der Waals surface area contributed by atoms with E-state index in [9.17, 15) is 9.18 Å². The quantitative estimate of drug-likeness (QED) is 0.370. The topological polar surface area (TPSA) is 66.8 Å². The Morgan fingerprint density at radius 3 is 2.33 bits per heavy atom. The SMILES string of the molecule is O=C(CF)OB(O)O.[H-].[Li+]. The van der Waals surface area contributed by atoms with E-state index in [1.807, 2.05) is 0 Å². The molecule has 0 radical (unpaired) electrons. The molecule has 0 amide bonds. The Bertz CT molecular complexity index is 93.3. The van der Waals surface area contributed by atoms with Crippen molar-refractivity contribution in [2.45, 2.75) is 0 Å². The summed E-state index contributed by atoms with van der Waals surface area (Å²) in [4.78, 5) is 9.70. The molecule has 0 aromatic heterocycles. The van der Waals surface area contributed by atoms with Gasteiger partial charge >= 0.3 is 32.2 Å². The molecule has 0 heterocycles. The molecule has 0 spiro atoms. The van der Waals surface area contributed by atoms with Gasteiger partial charge in [0, 0.05) is 0 Å². The molecule has 0 atom stereocenters. The second-order valence-electron chi connectivity index (χ2n) is 0.950. The van der Waals surface area contributed by atoms with Crippen LogP contribution in [-0.4, -0.2) is 30.0 Å². The first kappa shape index (κ1) is 11.7. The van der Waals surface area contributed by atoms with E-state index in [0.717, 1.165) is 0 Å². The van der Waals surface area contributed by atoms with Crippen molar-refractivity contribution >= 4 is 13.3 Å². The molecule has 4 nitrogen and oxygen atoms in total. The molecule has 0 bridgehead atoms. The maximum atomic E-state index is 11.1. The van der Waals surface area contributed by atoms with Crippen LogP contribution in [0.4, 0.5) is 4.39 Å². The maximum Gasteiger partial charge on any atom is 1.00 e. The van der Waals surface area contributed by atoms with Gasteiger partial charge in [0.25, 0.3) is 0 Å². The molecule has 0 aliphatic rings. The Morgan fingerprint density at radius 1 is 1.78 bits per heavy atom. The zero-order valence-electron chi connectivity index (χ0n) is 5.87. The summed E-state index contributed by atoms with van der Waals surface area (Å²) < 4.78 is 14.5. The first-order valence-electron chi connectivity index (χ1n) is 1.78. The van der Waals surface area contributed by atoms with Gasteiger partial charge in [0.05, 0.1) is 0 Å². The van der Waals surface area contributed by atoms with Crippen molar-refractivity contribution in [3.63, 3.8) is 0 Å². The van der Waals surface area contributed by atoms with Gasteiger partial charge in [-0.1, -0.05) is 0 Å². The molecule has 0 saturated carbocycles. The minimum atomic E-state index is -2.21. The Balaban J connectivity index is -0.000000245. The van der Waals surface area contributed by atoms with Crippen LogP contribution in [0.15, 0.2) is 0 Å². The summed E-state index contributed by atoms with van der Waals surface area (Å²) in [6, 6.07) is 0. The Kier molecular flexibility index (Phi) is 7.97. The number of halogens is 1. The van der Waals surface area contributed by atoms with Crippen molar-refractivity contribution in [1.29, 1.82) is 0 Å². The summed E-state index contributed by atoms with van der Waals surface area (Å²) in [6.45, 7) is -1.35. The van der Waals surface area contributed by atoms with Gasteiger partial charge in [-0.05, 0) is 0 Å². The summed E-state index contributed by atoms with van der Waals surface area (Å²) in [7, 11) is -2.21. The molecule has 0 fully saturated rings. The maximum absolute atomic E-state index is 11.1. The smallest absolute Gasteiger partial charge is 1.00 e. The van der Waals surface area contributed by atoms with E-state index >= 15 is 0 Å². The normalized spacial score (nSPS) is 7.44. The molecule has 2 N–H and O–H groups in total. The molecular weight excluding hydrogens is 125 g/mol. The minimum absolute atomic E-state index is 0. The van der Waals surface area contributed by atoms with Gasteiger partial charge in [-0.15, -0.1) is 0 Å². The van der Waals surface area contributed by atoms with E-state index in [1.54, 1.807) is 0 Å². The van der Waals surface area contributed by atoms with Gasteiger partial charge in [-0.2, -0.15) is 0 Å². The number of rotatable bonds is 2. The number of carbonyl (C=O) groups excluding carboxylic acids is 1. The molecule has 0 aromatic rings. The van der Waals surface area contributed by atoms with Crippen molar-refractivity contribution in [2.75, 3.05) is 6.67 Å². The summed E-state index contributed by atoms with van der Waals surface area (Å²) in [6.07, 6.45) is 0. The first-order valence-corrected chi connectivity index (χ1v) is 1.78. The van der Waals surface area contributed by atoms with Crippen LogP contribution >= 0.6 is 0 Å². The van der Waals surface area contributed by atoms with E-state index in [4.69, 9.17) is 10.0 Å². The van der Waals surface area contributed by atoms with Crippen LogP contribution < -0.4 is 18.9 Å². The Hall–Kier alpha value is -0.0177. The molecule has 7 heteroatoms. The molecule has 48 valence electrons. The molecule has 0 rings (SSSR count). The van der Waals surface area contributed by atoms with Gasteiger partial charge in [-0.3, -0.25) is 4.79 Å². The summed E-state index contributed by atoms with van der Waals surface area (Å²) >= 11 is 0. The fourth-order valence-electron chi connectivity index (χ4n) is 0.149. The van der Waals surface area contributed by atoms with Crippen LogP contribution in [0, 0.1) is 0 Å². The molecule has 0 saturated heterocycles. The molecule has 0 unspecified atom stereocenters. The molecule has 9 heavy (non-hydrogen) atoms. The monoisotopic (exact) mass is 130 g/mol. The van der Waals surface area contributed by atoms with Crippen molar-refractivity contribution in [1.82, 2.24) is 0 Å². The van der Waals surface area contributed by atoms with E-state index in [0.29, 0.717) is 0 Å². The predicted molar refractivity (Wildman–Crippen MR) is 23.4 cm³/mol. The van der Waals surface area contributed by atoms with Crippen molar-refractivity contribution in [3.8, 4) is 0 Å². The number of hydrogen-bond donors (Lipinski definition) is 2. The van der Waals surface area contributed by atoms with Crippen LogP contribution in [0.25, 0.3) is 0 Å². The summed E-state index contributed by atoms with van der Waals surface area (Å²) in [5.74, 6) is -1.29. The number of alkyl halides is 1. The van der Waals surface area contributed by atoms with Crippen LogP contribution in [0.3, 0.4) is 0 Å². The zero-order valence-corrected chi connectivity index (χ0v) is 4.87. The van der Waals surface area contributed by atoms with Gasteiger partial charge in [0.15, 0.2) is 6.67 Å². The molecule has 0 aromatic carbocycles. The van der Waals surface area contributed by atoms with Crippen LogP contribution in [0.5, 0.6) is 0 Å². The average molecular weight is 130 g/mol. The first-order chi connectivity index (χ1) is 3.66. The third-order valence-electron chi connectivity index (χ3n) is 0.346. The zero-order chi connectivity index (χ0) is 6.57. The fourth-order valence-corrected chi connectivity index (χ4v) is 0.149. The standard InChI is InChI=1S/C2H4BFO4.Li.H/c4-1-2(5)8-3(6)7;;/h6-7H,1H2;;/q;+1;-1. The van der Waals surface area contributed by atoms with Crippen molar-refractivity contribution in [2.24, 2.45) is 0 Å². The van der Waals surface area contributed by atoms with Gasteiger partial charge < -0.3 is 16.1 Å². The number of hydrogen-bond acceptors (Lipinski definition) is 4. The Labute approximate surface area is 64.8 Å². The van der Waals surface area contributed by atoms with Crippen LogP contribution in [0.2, 0.25) is 0 Å². The third kappa shape index (κ3) is 7.98. The second kappa shape index (κ2) is 6.11. The van der Waals surface area contributed by atoms with E-state index in [1.165, 1.54) is 0 Å². The van der Waals surface area contributed by atoms with E-state index in [-0.39, 0.29) is 20.3 Å². The van der Waals surface area contributed by atoms with Gasteiger partial charge in [0.2, 0.25) is 0 Å². The van der Waals surface area contributed by atoms with Crippen molar-refractivity contribution < 1.29 is 44.2 Å². The largest absolute Gasteiger partial charge is 1.00 e. The van der Waals surface area contributed by atoms with Crippen LogP contribution in [-0.2, 0) is 9.45 Å². The molecule has 0 aliphatic carbocycles. The van der Waals surface area contributed by atoms with E-state index < -0.39 is 20.0 Å². The third-order valence-corrected chi connectivity index (χ3v) is 0.346. The second-order valence-corrected chi connectivity index (χ2v) is 0.950. The van der Waals surface area contributed by atoms with Gasteiger partial charge in [-0.25, -0.2) is 4.39 Å². The molecule has 0 aliphatic heterocycles. The minimum Gasteiger partial charge on any atom is -1.00 e. The molecular formula is C2H5BFLiO4. The fraction of sp³-hybridized carbons (Fsp3) is 0.500.